The van der Waals surface area contributed by atoms with Crippen molar-refractivity contribution >= 4 is 5.91 Å². The fourth-order valence-corrected chi connectivity index (χ4v) is 0.741. The fourth-order valence-electron chi connectivity index (χ4n) is 0.741. The maximum absolute atomic E-state index is 11.8. The molecular weight excluding hydrogens is 185 g/mol. The second kappa shape index (κ2) is 5.06. The molecule has 0 radical (unpaired) electrons. The van der Waals surface area contributed by atoms with E-state index in [-0.39, 0.29) is 6.54 Å². The average molecular weight is 198 g/mol. The van der Waals surface area contributed by atoms with E-state index in [4.69, 9.17) is 0 Å². The van der Waals surface area contributed by atoms with Crippen LogP contribution in [0.2, 0.25) is 0 Å². The number of likely N-dealkylation sites (N-methyl/N-ethyl adjacent to an activating group) is 2. The van der Waals surface area contributed by atoms with Gasteiger partial charge in [0, 0.05) is 20.1 Å². The SMILES string of the molecule is CCNCCN(C)C(=O)C(F)(F)F. The first-order valence-electron chi connectivity index (χ1n) is 3.92. The Morgan fingerprint density at radius 1 is 1.46 bits per heavy atom. The van der Waals surface area contributed by atoms with Crippen LogP contribution in [0.5, 0.6) is 0 Å². The van der Waals surface area contributed by atoms with Crippen molar-refractivity contribution in [2.24, 2.45) is 0 Å². The Bertz CT molecular complexity index is 170. The molecular formula is C7H13F3N2O. The average Bonchev–Trinajstić information content (AvgIpc) is 2.01. The van der Waals surface area contributed by atoms with Crippen LogP contribution in [-0.2, 0) is 4.79 Å². The lowest BCUT2D eigenvalue weighted by Gasteiger charge is -2.18. The molecule has 0 aliphatic carbocycles. The molecule has 13 heavy (non-hydrogen) atoms. The van der Waals surface area contributed by atoms with Gasteiger partial charge in [-0.1, -0.05) is 6.92 Å². The number of halogens is 3. The quantitative estimate of drug-likeness (QED) is 0.671. The van der Waals surface area contributed by atoms with Gasteiger partial charge in [0.25, 0.3) is 0 Å². The zero-order valence-corrected chi connectivity index (χ0v) is 7.61. The number of hydrogen-bond donors (Lipinski definition) is 1. The molecule has 0 fully saturated rings. The molecule has 0 aromatic rings. The molecule has 0 saturated heterocycles. The third-order valence-corrected chi connectivity index (χ3v) is 1.46. The first-order valence-corrected chi connectivity index (χ1v) is 3.92. The Morgan fingerprint density at radius 2 is 2.00 bits per heavy atom. The van der Waals surface area contributed by atoms with Crippen molar-refractivity contribution in [3.63, 3.8) is 0 Å². The van der Waals surface area contributed by atoms with Crippen LogP contribution in [0, 0.1) is 0 Å². The van der Waals surface area contributed by atoms with Gasteiger partial charge in [-0.3, -0.25) is 4.79 Å². The van der Waals surface area contributed by atoms with Gasteiger partial charge in [0.1, 0.15) is 0 Å². The van der Waals surface area contributed by atoms with E-state index in [2.05, 4.69) is 5.32 Å². The Morgan fingerprint density at radius 3 is 2.38 bits per heavy atom. The molecule has 0 spiro atoms. The summed E-state index contributed by atoms with van der Waals surface area (Å²) < 4.78 is 35.4. The first kappa shape index (κ1) is 12.2. The molecule has 0 unspecified atom stereocenters. The van der Waals surface area contributed by atoms with Crippen molar-refractivity contribution in [3.8, 4) is 0 Å². The minimum absolute atomic E-state index is 0.0617. The van der Waals surface area contributed by atoms with Gasteiger partial charge in [0.05, 0.1) is 0 Å². The van der Waals surface area contributed by atoms with Gasteiger partial charge in [0.15, 0.2) is 0 Å². The maximum atomic E-state index is 11.8. The zero-order chi connectivity index (χ0) is 10.5. The molecule has 0 aromatic carbocycles. The summed E-state index contributed by atoms with van der Waals surface area (Å²) in [5.41, 5.74) is 0. The number of hydrogen-bond acceptors (Lipinski definition) is 2. The standard InChI is InChI=1S/C7H13F3N2O/c1-3-11-4-5-12(2)6(13)7(8,9)10/h11H,3-5H2,1-2H3. The molecule has 0 aliphatic heterocycles. The summed E-state index contributed by atoms with van der Waals surface area (Å²) in [6.07, 6.45) is -4.76. The molecule has 6 heteroatoms. The van der Waals surface area contributed by atoms with Crippen LogP contribution in [0.25, 0.3) is 0 Å². The Labute approximate surface area is 74.9 Å². The van der Waals surface area contributed by atoms with Crippen LogP contribution in [0.1, 0.15) is 6.92 Å². The maximum Gasteiger partial charge on any atom is 0.471 e. The largest absolute Gasteiger partial charge is 0.471 e. The van der Waals surface area contributed by atoms with Crippen molar-refractivity contribution in [2.75, 3.05) is 26.7 Å². The zero-order valence-electron chi connectivity index (χ0n) is 7.61. The van der Waals surface area contributed by atoms with E-state index in [0.29, 0.717) is 18.0 Å². The lowest BCUT2D eigenvalue weighted by molar-refractivity contribution is -0.183. The summed E-state index contributed by atoms with van der Waals surface area (Å²) in [5, 5.41) is 2.82. The number of nitrogens with zero attached hydrogens (tertiary/aromatic N) is 1. The lowest BCUT2D eigenvalue weighted by atomic mass is 10.4. The second-order valence-electron chi connectivity index (χ2n) is 2.58. The van der Waals surface area contributed by atoms with Crippen molar-refractivity contribution in [1.82, 2.24) is 10.2 Å². The van der Waals surface area contributed by atoms with Crippen LogP contribution in [0.3, 0.4) is 0 Å². The number of alkyl halides is 3. The van der Waals surface area contributed by atoms with E-state index in [1.807, 2.05) is 6.92 Å². The normalized spacial score (nSPS) is 11.5. The van der Waals surface area contributed by atoms with Gasteiger partial charge in [0.2, 0.25) is 0 Å². The highest BCUT2D eigenvalue weighted by atomic mass is 19.4. The van der Waals surface area contributed by atoms with Crippen molar-refractivity contribution in [1.29, 1.82) is 0 Å². The predicted octanol–water partition coefficient (Wildman–Crippen LogP) is 0.617. The van der Waals surface area contributed by atoms with Gasteiger partial charge in [-0.05, 0) is 6.54 Å². The van der Waals surface area contributed by atoms with E-state index >= 15 is 0 Å². The van der Waals surface area contributed by atoms with E-state index in [9.17, 15) is 18.0 Å². The Balaban J connectivity index is 3.84. The molecule has 0 aromatic heterocycles. The van der Waals surface area contributed by atoms with E-state index in [1.54, 1.807) is 0 Å². The van der Waals surface area contributed by atoms with Gasteiger partial charge in [-0.25, -0.2) is 0 Å². The molecule has 1 N–H and O–H groups in total. The highest BCUT2D eigenvalue weighted by molar-refractivity contribution is 5.81. The third-order valence-electron chi connectivity index (χ3n) is 1.46. The smallest absolute Gasteiger partial charge is 0.337 e. The first-order chi connectivity index (χ1) is 5.89. The minimum atomic E-state index is -4.76. The monoisotopic (exact) mass is 198 g/mol. The summed E-state index contributed by atoms with van der Waals surface area (Å²) in [7, 11) is 1.13. The topological polar surface area (TPSA) is 32.3 Å². The molecule has 1 amide bonds. The molecule has 0 atom stereocenters. The highest BCUT2D eigenvalue weighted by Gasteiger charge is 2.40. The molecule has 3 nitrogen and oxygen atoms in total. The summed E-state index contributed by atoms with van der Waals surface area (Å²) in [5.74, 6) is -1.80. The fraction of sp³-hybridized carbons (Fsp3) is 0.857. The van der Waals surface area contributed by atoms with Gasteiger partial charge in [-0.15, -0.1) is 0 Å². The lowest BCUT2D eigenvalue weighted by Crippen LogP contribution is -2.41. The minimum Gasteiger partial charge on any atom is -0.337 e. The summed E-state index contributed by atoms with van der Waals surface area (Å²) in [6, 6.07) is 0. The Kier molecular flexibility index (Phi) is 4.76. The van der Waals surface area contributed by atoms with Crippen LogP contribution in [0.4, 0.5) is 13.2 Å². The molecule has 78 valence electrons. The highest BCUT2D eigenvalue weighted by Crippen LogP contribution is 2.16. The summed E-state index contributed by atoms with van der Waals surface area (Å²) in [4.78, 5) is 11.2. The number of rotatable bonds is 4. The van der Waals surface area contributed by atoms with Crippen LogP contribution in [-0.4, -0.2) is 43.7 Å². The third kappa shape index (κ3) is 4.72. The molecule has 0 bridgehead atoms. The van der Waals surface area contributed by atoms with E-state index in [1.165, 1.54) is 0 Å². The van der Waals surface area contributed by atoms with Crippen LogP contribution >= 0.6 is 0 Å². The van der Waals surface area contributed by atoms with Crippen molar-refractivity contribution in [3.05, 3.63) is 0 Å². The summed E-state index contributed by atoms with van der Waals surface area (Å²) >= 11 is 0. The van der Waals surface area contributed by atoms with Crippen molar-refractivity contribution < 1.29 is 18.0 Å². The second-order valence-corrected chi connectivity index (χ2v) is 2.58. The Hall–Kier alpha value is -0.780. The molecule has 0 heterocycles. The molecule has 0 saturated carbocycles. The van der Waals surface area contributed by atoms with Gasteiger partial charge >= 0.3 is 12.1 Å². The van der Waals surface area contributed by atoms with Crippen molar-refractivity contribution in [2.45, 2.75) is 13.1 Å². The number of nitrogens with one attached hydrogen (secondary N) is 1. The van der Waals surface area contributed by atoms with Crippen LogP contribution in [0.15, 0.2) is 0 Å². The number of amides is 1. The number of carbonyl (C=O) groups is 1. The molecule has 0 aliphatic rings. The van der Waals surface area contributed by atoms with E-state index in [0.717, 1.165) is 7.05 Å². The van der Waals surface area contributed by atoms with E-state index < -0.39 is 12.1 Å². The van der Waals surface area contributed by atoms with Gasteiger partial charge < -0.3 is 10.2 Å². The predicted molar refractivity (Wildman–Crippen MR) is 42.2 cm³/mol. The summed E-state index contributed by atoms with van der Waals surface area (Å²) in [6.45, 7) is 2.95. The van der Waals surface area contributed by atoms with Gasteiger partial charge in [-0.2, -0.15) is 13.2 Å². The number of carbonyl (C=O) groups excluding carboxylic acids is 1. The van der Waals surface area contributed by atoms with Crippen LogP contribution < -0.4 is 5.32 Å². The molecule has 0 rings (SSSR count).